The monoisotopic (exact) mass is 258 g/mol. The molecule has 0 rings (SSSR count). The van der Waals surface area contributed by atoms with Crippen LogP contribution < -0.4 is 11.1 Å². The van der Waals surface area contributed by atoms with E-state index in [2.05, 4.69) is 5.32 Å². The fraction of sp³-hybridized carbons (Fsp3) is 0.769. The van der Waals surface area contributed by atoms with Crippen LogP contribution in [0, 0.1) is 5.92 Å². The van der Waals surface area contributed by atoms with Gasteiger partial charge in [-0.2, -0.15) is 0 Å². The molecule has 0 radical (unpaired) electrons. The second-order valence-corrected chi connectivity index (χ2v) is 4.50. The van der Waals surface area contributed by atoms with Crippen LogP contribution in [0.25, 0.3) is 0 Å². The molecule has 18 heavy (non-hydrogen) atoms. The molecule has 0 aromatic carbocycles. The van der Waals surface area contributed by atoms with Crippen LogP contribution in [0.5, 0.6) is 0 Å². The fourth-order valence-corrected chi connectivity index (χ4v) is 1.26. The summed E-state index contributed by atoms with van der Waals surface area (Å²) >= 11 is 0. The molecule has 0 aromatic rings. The largest absolute Gasteiger partial charge is 0.462 e. The van der Waals surface area contributed by atoms with Crippen molar-refractivity contribution in [1.29, 1.82) is 0 Å². The lowest BCUT2D eigenvalue weighted by Gasteiger charge is -2.18. The molecule has 2 atom stereocenters. The van der Waals surface area contributed by atoms with Gasteiger partial charge in [-0.05, 0) is 25.5 Å². The van der Waals surface area contributed by atoms with Crippen LogP contribution in [0.15, 0.2) is 12.3 Å². The van der Waals surface area contributed by atoms with E-state index in [1.165, 1.54) is 0 Å². The summed E-state index contributed by atoms with van der Waals surface area (Å²) < 4.78 is 10.4. The zero-order valence-electron chi connectivity index (χ0n) is 11.8. The van der Waals surface area contributed by atoms with E-state index in [-0.39, 0.29) is 24.6 Å². The number of rotatable bonds is 9. The highest BCUT2D eigenvalue weighted by molar-refractivity contribution is 5.75. The number of methoxy groups -OCH3 is 1. The molecule has 106 valence electrons. The Hall–Kier alpha value is -1.07. The molecule has 3 N–H and O–H groups in total. The van der Waals surface area contributed by atoms with Crippen molar-refractivity contribution in [2.45, 2.75) is 39.3 Å². The van der Waals surface area contributed by atoms with E-state index < -0.39 is 6.04 Å². The van der Waals surface area contributed by atoms with Gasteiger partial charge in [0.1, 0.15) is 12.6 Å². The zero-order valence-corrected chi connectivity index (χ0v) is 11.8. The van der Waals surface area contributed by atoms with Gasteiger partial charge in [-0.3, -0.25) is 4.79 Å². The Bertz CT molecular complexity index is 255. The van der Waals surface area contributed by atoms with Gasteiger partial charge in [0, 0.05) is 13.7 Å². The minimum atomic E-state index is -0.566. The molecule has 0 saturated carbocycles. The highest BCUT2D eigenvalue weighted by Gasteiger charge is 2.20. The number of nitrogens with one attached hydrogen (secondary N) is 1. The molecule has 0 heterocycles. The molecule has 2 unspecified atom stereocenters. The van der Waals surface area contributed by atoms with E-state index >= 15 is 0 Å². The topological polar surface area (TPSA) is 73.6 Å². The highest BCUT2D eigenvalue weighted by Crippen LogP contribution is 2.03. The molecule has 0 aliphatic heterocycles. The highest BCUT2D eigenvalue weighted by atomic mass is 16.6. The normalized spacial score (nSPS) is 14.8. The molecule has 0 fully saturated rings. The van der Waals surface area contributed by atoms with Crippen molar-refractivity contribution in [3.8, 4) is 0 Å². The molecule has 0 spiro atoms. The molecule has 0 aliphatic carbocycles. The first kappa shape index (κ1) is 16.9. The molecule has 0 saturated heterocycles. The van der Waals surface area contributed by atoms with Crippen LogP contribution in [0.1, 0.15) is 27.2 Å². The molecule has 5 nitrogen and oxygen atoms in total. The van der Waals surface area contributed by atoms with E-state index in [9.17, 15) is 4.79 Å². The van der Waals surface area contributed by atoms with Crippen LogP contribution in [0.2, 0.25) is 0 Å². The van der Waals surface area contributed by atoms with Gasteiger partial charge < -0.3 is 20.5 Å². The van der Waals surface area contributed by atoms with Gasteiger partial charge in [-0.25, -0.2) is 0 Å². The van der Waals surface area contributed by atoms with Gasteiger partial charge in [0.2, 0.25) is 0 Å². The molecule has 0 bridgehead atoms. The van der Waals surface area contributed by atoms with Crippen LogP contribution in [0.3, 0.4) is 0 Å². The Morgan fingerprint density at radius 1 is 1.44 bits per heavy atom. The van der Waals surface area contributed by atoms with E-state index in [0.29, 0.717) is 0 Å². The number of nitrogens with two attached hydrogens (primary N) is 1. The van der Waals surface area contributed by atoms with Crippen molar-refractivity contribution in [1.82, 2.24) is 5.32 Å². The number of hydrogen-bond donors (Lipinski definition) is 2. The van der Waals surface area contributed by atoms with E-state index in [1.807, 2.05) is 33.0 Å². The van der Waals surface area contributed by atoms with Gasteiger partial charge in [0.05, 0.1) is 6.10 Å². The third-order valence-electron chi connectivity index (χ3n) is 2.63. The fourth-order valence-electron chi connectivity index (χ4n) is 1.26. The minimum absolute atomic E-state index is 0.0786. The number of esters is 1. The number of allylic oxidation sites excluding steroid dienone is 1. The maximum Gasteiger partial charge on any atom is 0.323 e. The van der Waals surface area contributed by atoms with Crippen LogP contribution in [0.4, 0.5) is 0 Å². The second-order valence-electron chi connectivity index (χ2n) is 4.50. The average Bonchev–Trinajstić information content (AvgIpc) is 2.36. The molecule has 5 heteroatoms. The van der Waals surface area contributed by atoms with Gasteiger partial charge in [0.15, 0.2) is 0 Å². The summed E-state index contributed by atoms with van der Waals surface area (Å²) in [4.78, 5) is 11.6. The summed E-state index contributed by atoms with van der Waals surface area (Å²) in [6, 6.07) is -0.566. The van der Waals surface area contributed by atoms with Crippen LogP contribution in [-0.4, -0.2) is 38.4 Å². The van der Waals surface area contributed by atoms with E-state index in [0.717, 1.165) is 13.0 Å². The van der Waals surface area contributed by atoms with Crippen molar-refractivity contribution in [2.24, 2.45) is 11.7 Å². The Morgan fingerprint density at radius 2 is 2.11 bits per heavy atom. The molecular weight excluding hydrogens is 232 g/mol. The predicted octanol–water partition coefficient (Wildman–Crippen LogP) is 1.04. The lowest BCUT2D eigenvalue weighted by atomic mass is 10.1. The smallest absolute Gasteiger partial charge is 0.323 e. The van der Waals surface area contributed by atoms with Crippen LogP contribution >= 0.6 is 0 Å². The minimum Gasteiger partial charge on any atom is -0.462 e. The van der Waals surface area contributed by atoms with E-state index in [4.69, 9.17) is 15.2 Å². The Morgan fingerprint density at radius 3 is 2.61 bits per heavy atom. The summed E-state index contributed by atoms with van der Waals surface area (Å²) in [6.07, 6.45) is 4.45. The van der Waals surface area contributed by atoms with Gasteiger partial charge in [0.25, 0.3) is 0 Å². The lowest BCUT2D eigenvalue weighted by molar-refractivity contribution is -0.150. The summed E-state index contributed by atoms with van der Waals surface area (Å²) in [5, 5.41) is 3.10. The Kier molecular flexibility index (Phi) is 9.32. The number of hydrogen-bond acceptors (Lipinski definition) is 5. The molecule has 0 amide bonds. The first-order valence-electron chi connectivity index (χ1n) is 6.32. The van der Waals surface area contributed by atoms with Gasteiger partial charge >= 0.3 is 5.97 Å². The summed E-state index contributed by atoms with van der Waals surface area (Å²) in [5.74, 6) is -0.289. The van der Waals surface area contributed by atoms with Crippen LogP contribution in [-0.2, 0) is 14.3 Å². The van der Waals surface area contributed by atoms with Crippen molar-refractivity contribution >= 4 is 5.97 Å². The summed E-state index contributed by atoms with van der Waals surface area (Å²) in [6.45, 7) is 6.74. The third kappa shape index (κ3) is 7.29. The molecule has 0 aliphatic rings. The van der Waals surface area contributed by atoms with Crippen molar-refractivity contribution in [3.05, 3.63) is 12.3 Å². The SMILES string of the molecule is C/C=C\NCCC(COC(=O)C(N)C(C)C)OC. The number of carbonyl (C=O) groups is 1. The predicted molar refractivity (Wildman–Crippen MR) is 72.0 cm³/mol. The van der Waals surface area contributed by atoms with Crippen molar-refractivity contribution in [3.63, 3.8) is 0 Å². The zero-order chi connectivity index (χ0) is 14.0. The number of carbonyl (C=O) groups excluding carboxylic acids is 1. The second kappa shape index (κ2) is 9.91. The molecule has 0 aromatic heterocycles. The maximum atomic E-state index is 11.6. The maximum absolute atomic E-state index is 11.6. The quantitative estimate of drug-likeness (QED) is 0.477. The molecular formula is C13H26N2O3. The summed E-state index contributed by atoms with van der Waals surface area (Å²) in [5.41, 5.74) is 5.69. The first-order chi connectivity index (χ1) is 8.52. The lowest BCUT2D eigenvalue weighted by Crippen LogP contribution is -2.38. The average molecular weight is 258 g/mol. The third-order valence-corrected chi connectivity index (χ3v) is 2.63. The Labute approximate surface area is 110 Å². The standard InChI is InChI=1S/C13H26N2O3/c1-5-7-15-8-6-11(17-4)9-18-13(16)12(14)10(2)3/h5,7,10-12,15H,6,8-9,14H2,1-4H3/b7-5-. The Balaban J connectivity index is 3.88. The van der Waals surface area contributed by atoms with Crippen molar-refractivity contribution in [2.75, 3.05) is 20.3 Å². The number of ether oxygens (including phenoxy) is 2. The first-order valence-corrected chi connectivity index (χ1v) is 6.32. The summed E-state index contributed by atoms with van der Waals surface area (Å²) in [7, 11) is 1.61. The van der Waals surface area contributed by atoms with Gasteiger partial charge in [-0.15, -0.1) is 0 Å². The van der Waals surface area contributed by atoms with Crippen molar-refractivity contribution < 1.29 is 14.3 Å². The van der Waals surface area contributed by atoms with E-state index in [1.54, 1.807) is 7.11 Å². The van der Waals surface area contributed by atoms with Gasteiger partial charge in [-0.1, -0.05) is 19.9 Å².